The van der Waals surface area contributed by atoms with E-state index in [2.05, 4.69) is 15.1 Å². The van der Waals surface area contributed by atoms with Gasteiger partial charge in [-0.05, 0) is 0 Å². The minimum atomic E-state index is -0.884. The molecule has 0 aliphatic rings. The molecule has 3 nitrogen and oxygen atoms in total. The molecule has 0 atom stereocenters. The van der Waals surface area contributed by atoms with Crippen LogP contribution in [-0.4, -0.2) is 21.1 Å². The molecule has 0 aliphatic heterocycles. The van der Waals surface area contributed by atoms with Crippen molar-refractivity contribution in [3.05, 3.63) is 0 Å². The van der Waals surface area contributed by atoms with Gasteiger partial charge in [-0.3, -0.25) is 4.79 Å². The van der Waals surface area contributed by atoms with Crippen molar-refractivity contribution in [3.63, 3.8) is 0 Å². The second-order valence-corrected chi connectivity index (χ2v) is 0.787. The molecule has 5 heavy (non-hydrogen) atoms. The number of hydrogen-bond acceptors (Lipinski definition) is 3. The first-order valence-electron chi connectivity index (χ1n) is 0.841. The van der Waals surface area contributed by atoms with Gasteiger partial charge in [0.25, 0.3) is 0 Å². The Morgan fingerprint density at radius 1 is 2.00 bits per heavy atom. The normalized spacial score (nSPS) is 6.80. The Balaban J connectivity index is 2.85. The largest absolute Gasteiger partial charge is 0.309 e. The lowest BCUT2D eigenvalue weighted by atomic mass is 11.6. The van der Waals surface area contributed by atoms with Crippen LogP contribution in [-0.2, 0) is 4.89 Å². The minimum absolute atomic E-state index is 0.884. The number of carbonyl (C=O) groups excluding carboxylic acids is 1. The van der Waals surface area contributed by atoms with Gasteiger partial charge in [0, 0.05) is 0 Å². The average molecular weight is 89.1 g/mol. The maximum absolute atomic E-state index is 9.25. The summed E-state index contributed by atoms with van der Waals surface area (Å²) in [5.41, 5.74) is -0.884. The zero-order chi connectivity index (χ0) is 4.28. The molecular formula is CHO3Si. The van der Waals surface area contributed by atoms with Gasteiger partial charge in [-0.1, -0.05) is 0 Å². The van der Waals surface area contributed by atoms with Crippen molar-refractivity contribution in [1.82, 2.24) is 0 Å². The van der Waals surface area contributed by atoms with E-state index in [0.29, 0.717) is 0 Å². The summed E-state index contributed by atoms with van der Waals surface area (Å²) in [6.45, 7) is 0. The van der Waals surface area contributed by atoms with E-state index in [4.69, 9.17) is 5.26 Å². The van der Waals surface area contributed by atoms with Crippen LogP contribution in [0.3, 0.4) is 0 Å². The molecule has 0 rings (SSSR count). The molecule has 3 radical (unpaired) electrons. The third-order valence-electron chi connectivity index (χ3n) is 0.0829. The fourth-order valence-electron chi connectivity index (χ4n) is 0. The van der Waals surface area contributed by atoms with E-state index < -0.39 is 5.59 Å². The van der Waals surface area contributed by atoms with Crippen LogP contribution in [0.5, 0.6) is 0 Å². The molecule has 0 aromatic heterocycles. The summed E-state index contributed by atoms with van der Waals surface area (Å²) in [7, 11) is 2.30. The molecule has 0 fully saturated rings. The summed E-state index contributed by atoms with van der Waals surface area (Å²) in [5.74, 6) is 0. The van der Waals surface area contributed by atoms with Crippen LogP contribution in [0.15, 0.2) is 0 Å². The smallest absolute Gasteiger partial charge is 0.302 e. The van der Waals surface area contributed by atoms with Crippen LogP contribution in [0, 0.1) is 0 Å². The van der Waals surface area contributed by atoms with E-state index in [1.54, 1.807) is 0 Å². The third-order valence-corrected chi connectivity index (χ3v) is 0.174. The molecule has 0 aromatic rings. The first-order valence-corrected chi connectivity index (χ1v) is 1.34. The van der Waals surface area contributed by atoms with Crippen LogP contribution in [0.25, 0.3) is 0 Å². The lowest BCUT2D eigenvalue weighted by Gasteiger charge is -1.76. The zero-order valence-electron chi connectivity index (χ0n) is 2.26. The molecule has 27 valence electrons. The van der Waals surface area contributed by atoms with Gasteiger partial charge >= 0.3 is 5.59 Å². The quantitative estimate of drug-likeness (QED) is 0.253. The van der Waals surface area contributed by atoms with Gasteiger partial charge in [0.05, 0.1) is 0 Å². The summed E-state index contributed by atoms with van der Waals surface area (Å²) >= 11 is 0. The average Bonchev–Trinajstić information content (AvgIpc) is 1.38. The van der Waals surface area contributed by atoms with E-state index in [1.807, 2.05) is 0 Å². The van der Waals surface area contributed by atoms with E-state index in [1.165, 1.54) is 0 Å². The summed E-state index contributed by atoms with van der Waals surface area (Å²) in [4.78, 5) is 12.3. The van der Waals surface area contributed by atoms with Crippen molar-refractivity contribution >= 4 is 15.8 Å². The Morgan fingerprint density at radius 3 is 2.20 bits per heavy atom. The fourth-order valence-corrected chi connectivity index (χ4v) is 0. The first kappa shape index (κ1) is 4.65. The van der Waals surface area contributed by atoms with Gasteiger partial charge in [-0.25, -0.2) is 5.26 Å². The van der Waals surface area contributed by atoms with Crippen molar-refractivity contribution in [2.45, 2.75) is 0 Å². The van der Waals surface area contributed by atoms with E-state index in [-0.39, 0.29) is 0 Å². The summed E-state index contributed by atoms with van der Waals surface area (Å²) in [6.07, 6.45) is 0. The first-order chi connectivity index (χ1) is 2.27. The Kier molecular flexibility index (Phi) is 1.79. The standard InChI is InChI=1S/CHO3Si/c2-1(5)4-3/h3H. The third kappa shape index (κ3) is 3.65. The van der Waals surface area contributed by atoms with E-state index >= 15 is 0 Å². The highest BCUT2D eigenvalue weighted by molar-refractivity contribution is 6.54. The zero-order valence-corrected chi connectivity index (χ0v) is 3.26. The van der Waals surface area contributed by atoms with Crippen molar-refractivity contribution in [2.75, 3.05) is 0 Å². The lowest BCUT2D eigenvalue weighted by molar-refractivity contribution is -0.167. The van der Waals surface area contributed by atoms with Crippen molar-refractivity contribution < 1.29 is 14.9 Å². The minimum Gasteiger partial charge on any atom is -0.309 e. The molecule has 0 unspecified atom stereocenters. The lowest BCUT2D eigenvalue weighted by Crippen LogP contribution is -1.93. The molecule has 0 saturated carbocycles. The van der Waals surface area contributed by atoms with Crippen LogP contribution >= 0.6 is 0 Å². The molecule has 1 N–H and O–H groups in total. The molecule has 4 heteroatoms. The monoisotopic (exact) mass is 89.0 g/mol. The molecule has 0 spiro atoms. The van der Waals surface area contributed by atoms with E-state index in [9.17, 15) is 4.79 Å². The number of hydrogen-bond donors (Lipinski definition) is 1. The van der Waals surface area contributed by atoms with Crippen molar-refractivity contribution in [2.24, 2.45) is 0 Å². The van der Waals surface area contributed by atoms with Gasteiger partial charge in [0.15, 0.2) is 10.2 Å². The fraction of sp³-hybridized carbons (Fsp3) is 0. The Bertz CT molecular complexity index is 42.2. The second kappa shape index (κ2) is 1.92. The predicted molar refractivity (Wildman–Crippen MR) is 14.9 cm³/mol. The Morgan fingerprint density at radius 2 is 2.20 bits per heavy atom. The van der Waals surface area contributed by atoms with Crippen LogP contribution in [0.1, 0.15) is 0 Å². The highest BCUT2D eigenvalue weighted by Crippen LogP contribution is 1.58. The van der Waals surface area contributed by atoms with Crippen molar-refractivity contribution in [3.8, 4) is 0 Å². The van der Waals surface area contributed by atoms with Crippen molar-refractivity contribution in [1.29, 1.82) is 0 Å². The Hall–Kier alpha value is -0.353. The highest BCUT2D eigenvalue weighted by atomic mass is 28.1. The highest BCUT2D eigenvalue weighted by Gasteiger charge is 1.80. The van der Waals surface area contributed by atoms with Crippen LogP contribution < -0.4 is 0 Å². The number of carbonyl (C=O) groups is 1. The van der Waals surface area contributed by atoms with Crippen LogP contribution in [0.4, 0.5) is 4.79 Å². The van der Waals surface area contributed by atoms with Gasteiger partial charge in [0.2, 0.25) is 0 Å². The van der Waals surface area contributed by atoms with Gasteiger partial charge in [-0.2, -0.15) is 0 Å². The van der Waals surface area contributed by atoms with Gasteiger partial charge < -0.3 is 4.89 Å². The summed E-state index contributed by atoms with van der Waals surface area (Å²) in [6, 6.07) is 0. The Labute approximate surface area is 31.9 Å². The molecule has 0 aromatic carbocycles. The SMILES string of the molecule is O=C([Si])OO. The molecular weight excluding hydrogens is 88.1 g/mol. The topological polar surface area (TPSA) is 46.5 Å². The number of rotatable bonds is 0. The van der Waals surface area contributed by atoms with Gasteiger partial charge in [-0.15, -0.1) is 0 Å². The molecule has 0 heterocycles. The summed E-state index contributed by atoms with van der Waals surface area (Å²) < 4.78 is 0. The van der Waals surface area contributed by atoms with Gasteiger partial charge in [0.1, 0.15) is 0 Å². The molecule has 0 amide bonds. The summed E-state index contributed by atoms with van der Waals surface area (Å²) in [5, 5.41) is 7.25. The second-order valence-electron chi connectivity index (χ2n) is 0.379. The maximum atomic E-state index is 9.25. The molecule has 0 saturated heterocycles. The maximum Gasteiger partial charge on any atom is 0.302 e. The van der Waals surface area contributed by atoms with Crippen LogP contribution in [0.2, 0.25) is 0 Å². The van der Waals surface area contributed by atoms with E-state index in [0.717, 1.165) is 0 Å². The molecule has 0 aliphatic carbocycles. The molecule has 0 bridgehead atoms. The predicted octanol–water partition coefficient (Wildman–Crippen LogP) is -0.236.